The summed E-state index contributed by atoms with van der Waals surface area (Å²) in [5, 5.41) is 36.2. The third-order valence-corrected chi connectivity index (χ3v) is 3.37. The maximum Gasteiger partial charge on any atom is 0.408 e. The minimum Gasteiger partial charge on any atom is -0.480 e. The van der Waals surface area contributed by atoms with Crippen LogP contribution in [0.4, 0.5) is 21.9 Å². The summed E-state index contributed by atoms with van der Waals surface area (Å²) in [6.45, 7) is 4.91. The molecule has 0 bridgehead atoms. The van der Waals surface area contributed by atoms with Gasteiger partial charge in [-0.3, -0.25) is 20.2 Å². The first-order chi connectivity index (χ1) is 12.9. The number of aliphatic carboxylic acids is 1. The van der Waals surface area contributed by atoms with Gasteiger partial charge in [-0.2, -0.15) is 0 Å². The van der Waals surface area contributed by atoms with Gasteiger partial charge in [-0.25, -0.2) is 9.59 Å². The summed E-state index contributed by atoms with van der Waals surface area (Å²) < 4.78 is 5.00. The molecule has 0 aliphatic rings. The molecule has 0 spiro atoms. The van der Waals surface area contributed by atoms with E-state index in [1.807, 2.05) is 0 Å². The average Bonchev–Trinajstić information content (AvgIpc) is 2.55. The molecule has 0 aliphatic carbocycles. The second-order valence-electron chi connectivity index (χ2n) is 6.79. The van der Waals surface area contributed by atoms with Gasteiger partial charge in [-0.15, -0.1) is 0 Å². The monoisotopic (exact) mass is 398 g/mol. The minimum atomic E-state index is -1.28. The molecule has 0 heterocycles. The van der Waals surface area contributed by atoms with E-state index >= 15 is 0 Å². The molecule has 154 valence electrons. The molecule has 0 aromatic heterocycles. The number of para-hydroxylation sites is 1. The van der Waals surface area contributed by atoms with Crippen LogP contribution >= 0.6 is 0 Å². The normalized spacial score (nSPS) is 12.0. The lowest BCUT2D eigenvalue weighted by Gasteiger charge is -2.22. The molecule has 0 radical (unpaired) electrons. The van der Waals surface area contributed by atoms with Crippen LogP contribution in [0.5, 0.6) is 0 Å². The molecule has 1 aromatic carbocycles. The van der Waals surface area contributed by atoms with Crippen molar-refractivity contribution in [2.75, 3.05) is 11.9 Å². The molecule has 12 nitrogen and oxygen atoms in total. The standard InChI is InChI=1S/C16H22N4O8/c1-16(2,3)28-15(23)18-10(14(21)22)6-5-9-17-13-11(19(24)25)7-4-8-12(13)20(26)27/h4,7-8,10,17H,5-6,9H2,1-3H3,(H,18,23)(H,21,22)/t10-/m0/s1. The Bertz CT molecular complexity index is 727. The van der Waals surface area contributed by atoms with E-state index in [0.29, 0.717) is 0 Å². The van der Waals surface area contributed by atoms with Gasteiger partial charge in [0.25, 0.3) is 11.4 Å². The molecular weight excluding hydrogens is 376 g/mol. The summed E-state index contributed by atoms with van der Waals surface area (Å²) >= 11 is 0. The number of anilines is 1. The number of carboxylic acid groups (broad SMARTS) is 1. The lowest BCUT2D eigenvalue weighted by molar-refractivity contribution is -0.392. The largest absolute Gasteiger partial charge is 0.480 e. The Kier molecular flexibility index (Phi) is 7.65. The summed E-state index contributed by atoms with van der Waals surface area (Å²) in [6.07, 6.45) is -0.742. The fraction of sp³-hybridized carbons (Fsp3) is 0.500. The van der Waals surface area contributed by atoms with Crippen LogP contribution in [0.25, 0.3) is 0 Å². The number of carbonyl (C=O) groups is 2. The van der Waals surface area contributed by atoms with Crippen molar-refractivity contribution in [2.45, 2.75) is 45.3 Å². The van der Waals surface area contributed by atoms with Gasteiger partial charge in [0, 0.05) is 18.7 Å². The van der Waals surface area contributed by atoms with Crippen LogP contribution < -0.4 is 10.6 Å². The predicted octanol–water partition coefficient (Wildman–Crippen LogP) is 2.67. The average molecular weight is 398 g/mol. The number of carboxylic acids is 1. The molecule has 0 saturated carbocycles. The molecule has 28 heavy (non-hydrogen) atoms. The number of nitro groups is 2. The van der Waals surface area contributed by atoms with E-state index in [1.165, 1.54) is 6.07 Å². The van der Waals surface area contributed by atoms with Crippen LogP contribution in [0.3, 0.4) is 0 Å². The zero-order chi connectivity index (χ0) is 21.5. The van der Waals surface area contributed by atoms with Crippen molar-refractivity contribution in [1.82, 2.24) is 5.32 Å². The Morgan fingerprint density at radius 1 is 1.18 bits per heavy atom. The Morgan fingerprint density at radius 2 is 1.71 bits per heavy atom. The highest BCUT2D eigenvalue weighted by atomic mass is 16.6. The lowest BCUT2D eigenvalue weighted by Crippen LogP contribution is -2.43. The zero-order valence-corrected chi connectivity index (χ0v) is 15.6. The van der Waals surface area contributed by atoms with Crippen LogP contribution in [0.15, 0.2) is 18.2 Å². The summed E-state index contributed by atoms with van der Waals surface area (Å²) in [5.41, 5.74) is -1.98. The van der Waals surface area contributed by atoms with Gasteiger partial charge in [0.05, 0.1) is 9.85 Å². The molecule has 3 N–H and O–H groups in total. The van der Waals surface area contributed by atoms with E-state index in [-0.39, 0.29) is 25.1 Å². The maximum atomic E-state index is 11.7. The Morgan fingerprint density at radius 3 is 2.14 bits per heavy atom. The molecule has 12 heteroatoms. The van der Waals surface area contributed by atoms with Gasteiger partial charge in [0.2, 0.25) is 0 Å². The smallest absolute Gasteiger partial charge is 0.408 e. The van der Waals surface area contributed by atoms with E-state index in [1.54, 1.807) is 20.8 Å². The molecule has 0 unspecified atom stereocenters. The summed E-state index contributed by atoms with van der Waals surface area (Å²) in [7, 11) is 0. The molecular formula is C16H22N4O8. The van der Waals surface area contributed by atoms with Gasteiger partial charge < -0.3 is 20.5 Å². The van der Waals surface area contributed by atoms with Crippen molar-refractivity contribution in [2.24, 2.45) is 0 Å². The Labute approximate surface area is 160 Å². The highest BCUT2D eigenvalue weighted by Gasteiger charge is 2.26. The van der Waals surface area contributed by atoms with Crippen LogP contribution in [0.2, 0.25) is 0 Å². The number of nitro benzene ring substituents is 2. The maximum absolute atomic E-state index is 11.7. The number of alkyl carbamates (subject to hydrolysis) is 1. The Hall–Kier alpha value is -3.44. The van der Waals surface area contributed by atoms with Gasteiger partial charge >= 0.3 is 12.1 Å². The van der Waals surface area contributed by atoms with Crippen LogP contribution in [0.1, 0.15) is 33.6 Å². The topological polar surface area (TPSA) is 174 Å². The number of rotatable bonds is 9. The van der Waals surface area contributed by atoms with Gasteiger partial charge in [0.1, 0.15) is 11.6 Å². The van der Waals surface area contributed by atoms with E-state index < -0.39 is 44.9 Å². The first kappa shape index (κ1) is 22.6. The van der Waals surface area contributed by atoms with E-state index in [0.717, 1.165) is 12.1 Å². The number of hydrogen-bond acceptors (Lipinski definition) is 8. The molecule has 0 aliphatic heterocycles. The van der Waals surface area contributed by atoms with Crippen molar-refractivity contribution < 1.29 is 29.3 Å². The van der Waals surface area contributed by atoms with Crippen LogP contribution in [0, 0.1) is 20.2 Å². The minimum absolute atomic E-state index is 0.0179. The highest BCUT2D eigenvalue weighted by molar-refractivity contribution is 5.80. The second kappa shape index (κ2) is 9.48. The summed E-state index contributed by atoms with van der Waals surface area (Å²) in [5.74, 6) is -1.28. The summed E-state index contributed by atoms with van der Waals surface area (Å²) in [6, 6.07) is 2.21. The van der Waals surface area contributed by atoms with Crippen molar-refractivity contribution in [3.05, 3.63) is 38.4 Å². The molecule has 1 aromatic rings. The predicted molar refractivity (Wildman–Crippen MR) is 98.3 cm³/mol. The molecule has 1 amide bonds. The number of benzene rings is 1. The van der Waals surface area contributed by atoms with Gasteiger partial charge in [-0.1, -0.05) is 0 Å². The van der Waals surface area contributed by atoms with Crippen molar-refractivity contribution >= 4 is 29.1 Å². The first-order valence-electron chi connectivity index (χ1n) is 8.30. The van der Waals surface area contributed by atoms with Crippen LogP contribution in [-0.2, 0) is 9.53 Å². The fourth-order valence-electron chi connectivity index (χ4n) is 2.24. The van der Waals surface area contributed by atoms with Crippen molar-refractivity contribution in [3.8, 4) is 0 Å². The molecule has 1 rings (SSSR count). The van der Waals surface area contributed by atoms with Crippen molar-refractivity contribution in [3.63, 3.8) is 0 Å². The number of ether oxygens (including phenoxy) is 1. The van der Waals surface area contributed by atoms with Crippen molar-refractivity contribution in [1.29, 1.82) is 0 Å². The van der Waals surface area contributed by atoms with Gasteiger partial charge in [-0.05, 0) is 39.7 Å². The lowest BCUT2D eigenvalue weighted by atomic mass is 10.1. The number of hydrogen-bond donors (Lipinski definition) is 3. The van der Waals surface area contributed by atoms with E-state index in [4.69, 9.17) is 4.74 Å². The third-order valence-electron chi connectivity index (χ3n) is 3.37. The second-order valence-corrected chi connectivity index (χ2v) is 6.79. The van der Waals surface area contributed by atoms with E-state index in [9.17, 15) is 34.9 Å². The van der Waals surface area contributed by atoms with Gasteiger partial charge in [0.15, 0.2) is 5.69 Å². The number of nitrogens with one attached hydrogen (secondary N) is 2. The fourth-order valence-corrected chi connectivity index (χ4v) is 2.24. The highest BCUT2D eigenvalue weighted by Crippen LogP contribution is 2.33. The number of amides is 1. The zero-order valence-electron chi connectivity index (χ0n) is 15.6. The Balaban J connectivity index is 2.72. The van der Waals surface area contributed by atoms with Crippen LogP contribution in [-0.4, -0.2) is 45.2 Å². The van der Waals surface area contributed by atoms with E-state index in [2.05, 4.69) is 10.6 Å². The molecule has 0 saturated heterocycles. The quantitative estimate of drug-likeness (QED) is 0.321. The number of nitrogens with zero attached hydrogens (tertiary/aromatic N) is 2. The SMILES string of the molecule is CC(C)(C)OC(=O)N[C@@H](CCCNc1c([N+](=O)[O-])cccc1[N+](=O)[O-])C(=O)O. The first-order valence-corrected chi connectivity index (χ1v) is 8.30. The number of carbonyl (C=O) groups excluding carboxylic acids is 1. The molecule has 0 fully saturated rings. The summed E-state index contributed by atoms with van der Waals surface area (Å²) in [4.78, 5) is 43.6. The third kappa shape index (κ3) is 7.05. The molecule has 1 atom stereocenters.